The van der Waals surface area contributed by atoms with E-state index in [-0.39, 0.29) is 10.6 Å². The van der Waals surface area contributed by atoms with E-state index >= 15 is 0 Å². The number of anilines is 2. The van der Waals surface area contributed by atoms with Crippen molar-refractivity contribution in [3.8, 4) is 5.75 Å². The lowest BCUT2D eigenvalue weighted by Gasteiger charge is -2.24. The van der Waals surface area contributed by atoms with Crippen LogP contribution in [0.15, 0.2) is 71.6 Å². The van der Waals surface area contributed by atoms with Crippen LogP contribution in [0.5, 0.6) is 5.75 Å². The van der Waals surface area contributed by atoms with Gasteiger partial charge in [-0.2, -0.15) is 0 Å². The molecule has 0 aliphatic heterocycles. The molecule has 3 aromatic rings. The van der Waals surface area contributed by atoms with Crippen molar-refractivity contribution in [3.05, 3.63) is 83.1 Å². The Morgan fingerprint density at radius 1 is 1.06 bits per heavy atom. The third-order valence-corrected chi connectivity index (χ3v) is 6.86. The molecule has 0 fully saturated rings. The summed E-state index contributed by atoms with van der Waals surface area (Å²) >= 11 is 6.10. The lowest BCUT2D eigenvalue weighted by molar-refractivity contribution is -0.114. The minimum absolute atomic E-state index is 0.0305. The average Bonchev–Trinajstić information content (AvgIpc) is 2.76. The Morgan fingerprint density at radius 2 is 1.72 bits per heavy atom. The van der Waals surface area contributed by atoms with E-state index in [4.69, 9.17) is 16.3 Å². The molecule has 0 unspecified atom stereocenters. The summed E-state index contributed by atoms with van der Waals surface area (Å²) in [6.07, 6.45) is 0. The minimum atomic E-state index is -4.14. The fourth-order valence-electron chi connectivity index (χ4n) is 2.99. The number of sulfonamides is 1. The van der Waals surface area contributed by atoms with Crippen LogP contribution in [0.1, 0.15) is 12.5 Å². The fraction of sp³-hybridized carbons (Fsp3) is 0.174. The first-order chi connectivity index (χ1) is 15.2. The average molecular weight is 477 g/mol. The van der Waals surface area contributed by atoms with Crippen molar-refractivity contribution >= 4 is 38.9 Å². The predicted octanol–water partition coefficient (Wildman–Crippen LogP) is 5.02. The number of carbonyl (C=O) groups excluding carboxylic acids is 1. The number of benzene rings is 3. The van der Waals surface area contributed by atoms with Gasteiger partial charge in [-0.25, -0.2) is 12.8 Å². The number of rotatable bonds is 8. The standard InChI is InChI=1S/C23H22ClFN2O4S/c1-3-31-19-11-13-20(14-12-19)32(29,30)27(18-9-7-17(25)8-10-18)15-23(28)26-22-6-4-5-21(24)16(22)2/h4-14H,3,15H2,1-2H3,(H,26,28). The van der Waals surface area contributed by atoms with Gasteiger partial charge >= 0.3 is 0 Å². The zero-order valence-electron chi connectivity index (χ0n) is 17.5. The molecule has 0 aliphatic rings. The van der Waals surface area contributed by atoms with Gasteiger partial charge in [0.15, 0.2) is 0 Å². The van der Waals surface area contributed by atoms with Crippen molar-refractivity contribution in [2.45, 2.75) is 18.7 Å². The van der Waals surface area contributed by atoms with Crippen LogP contribution in [-0.4, -0.2) is 27.5 Å². The summed E-state index contributed by atoms with van der Waals surface area (Å²) in [4.78, 5) is 12.8. The second kappa shape index (κ2) is 10.0. The van der Waals surface area contributed by atoms with Gasteiger partial charge in [0.25, 0.3) is 10.0 Å². The topological polar surface area (TPSA) is 75.7 Å². The maximum Gasteiger partial charge on any atom is 0.264 e. The second-order valence-electron chi connectivity index (χ2n) is 6.85. The fourth-order valence-corrected chi connectivity index (χ4v) is 4.58. The molecule has 0 bridgehead atoms. The Kier molecular flexibility index (Phi) is 7.37. The van der Waals surface area contributed by atoms with Crippen LogP contribution in [0.2, 0.25) is 5.02 Å². The van der Waals surface area contributed by atoms with Gasteiger partial charge in [0.1, 0.15) is 18.1 Å². The van der Waals surface area contributed by atoms with Crippen LogP contribution in [-0.2, 0) is 14.8 Å². The molecule has 6 nitrogen and oxygen atoms in total. The molecule has 3 aromatic carbocycles. The molecule has 0 spiro atoms. The van der Waals surface area contributed by atoms with Crippen LogP contribution in [0.25, 0.3) is 0 Å². The molecule has 1 amide bonds. The first-order valence-corrected chi connectivity index (χ1v) is 11.6. The van der Waals surface area contributed by atoms with Gasteiger partial charge in [0.2, 0.25) is 5.91 Å². The van der Waals surface area contributed by atoms with Crippen molar-refractivity contribution in [2.75, 3.05) is 22.8 Å². The largest absolute Gasteiger partial charge is 0.494 e. The minimum Gasteiger partial charge on any atom is -0.494 e. The molecule has 3 rings (SSSR count). The molecule has 1 N–H and O–H groups in total. The van der Waals surface area contributed by atoms with Crippen LogP contribution in [0.4, 0.5) is 15.8 Å². The van der Waals surface area contributed by atoms with Crippen molar-refractivity contribution < 1.29 is 22.3 Å². The number of hydrogen-bond donors (Lipinski definition) is 1. The summed E-state index contributed by atoms with van der Waals surface area (Å²) in [6, 6.07) is 15.8. The first-order valence-electron chi connectivity index (χ1n) is 9.78. The van der Waals surface area contributed by atoms with Crippen molar-refractivity contribution in [1.82, 2.24) is 0 Å². The van der Waals surface area contributed by atoms with E-state index in [1.165, 1.54) is 36.4 Å². The SMILES string of the molecule is CCOc1ccc(S(=O)(=O)N(CC(=O)Nc2cccc(Cl)c2C)c2ccc(F)cc2)cc1. The second-order valence-corrected chi connectivity index (χ2v) is 9.12. The maximum absolute atomic E-state index is 13.4. The molecule has 0 saturated heterocycles. The number of amides is 1. The van der Waals surface area contributed by atoms with Crippen LogP contribution in [0.3, 0.4) is 0 Å². The van der Waals surface area contributed by atoms with Crippen LogP contribution < -0.4 is 14.4 Å². The first kappa shape index (κ1) is 23.6. The number of nitrogens with one attached hydrogen (secondary N) is 1. The third-order valence-electron chi connectivity index (χ3n) is 4.67. The third kappa shape index (κ3) is 5.38. The monoisotopic (exact) mass is 476 g/mol. The van der Waals surface area contributed by atoms with E-state index in [1.807, 2.05) is 6.92 Å². The number of nitrogens with zero attached hydrogens (tertiary/aromatic N) is 1. The lowest BCUT2D eigenvalue weighted by Crippen LogP contribution is -2.38. The molecule has 0 heterocycles. The maximum atomic E-state index is 13.4. The van der Waals surface area contributed by atoms with E-state index in [1.54, 1.807) is 25.1 Å². The van der Waals surface area contributed by atoms with E-state index < -0.39 is 28.3 Å². The number of ether oxygens (including phenoxy) is 1. The van der Waals surface area contributed by atoms with Crippen LogP contribution in [0, 0.1) is 12.7 Å². The quantitative estimate of drug-likeness (QED) is 0.495. The van der Waals surface area contributed by atoms with Gasteiger partial charge in [-0.1, -0.05) is 17.7 Å². The molecule has 168 valence electrons. The van der Waals surface area contributed by atoms with Gasteiger partial charge in [-0.3, -0.25) is 9.10 Å². The Balaban J connectivity index is 1.93. The number of halogens is 2. The molecule has 0 saturated carbocycles. The molecular formula is C23H22ClFN2O4S. The van der Waals surface area contributed by atoms with Gasteiger partial charge in [-0.15, -0.1) is 0 Å². The predicted molar refractivity (Wildman–Crippen MR) is 123 cm³/mol. The summed E-state index contributed by atoms with van der Waals surface area (Å²) in [7, 11) is -4.14. The Labute approximate surface area is 191 Å². The van der Waals surface area contributed by atoms with Crippen LogP contribution >= 0.6 is 11.6 Å². The molecule has 32 heavy (non-hydrogen) atoms. The molecular weight excluding hydrogens is 455 g/mol. The van der Waals surface area contributed by atoms with Gasteiger partial charge in [0, 0.05) is 10.7 Å². The Bertz CT molecular complexity index is 1200. The van der Waals surface area contributed by atoms with Gasteiger partial charge in [-0.05, 0) is 80.1 Å². The molecule has 9 heteroatoms. The summed E-state index contributed by atoms with van der Waals surface area (Å²) in [5.74, 6) is -0.575. The highest BCUT2D eigenvalue weighted by Crippen LogP contribution is 2.27. The van der Waals surface area contributed by atoms with E-state index in [9.17, 15) is 17.6 Å². The summed E-state index contributed by atoms with van der Waals surface area (Å²) in [5, 5.41) is 3.16. The van der Waals surface area contributed by atoms with E-state index in [2.05, 4.69) is 5.32 Å². The summed E-state index contributed by atoms with van der Waals surface area (Å²) in [5.41, 5.74) is 1.28. The Morgan fingerprint density at radius 3 is 2.34 bits per heavy atom. The number of carbonyl (C=O) groups is 1. The molecule has 0 aliphatic carbocycles. The summed E-state index contributed by atoms with van der Waals surface area (Å²) in [6.45, 7) is 3.48. The zero-order chi connectivity index (χ0) is 23.3. The molecule has 0 aromatic heterocycles. The summed E-state index contributed by atoms with van der Waals surface area (Å²) < 4.78 is 46.5. The zero-order valence-corrected chi connectivity index (χ0v) is 19.1. The van der Waals surface area contributed by atoms with Gasteiger partial charge in [0.05, 0.1) is 17.2 Å². The Hall–Kier alpha value is -3.10. The normalized spacial score (nSPS) is 11.1. The van der Waals surface area contributed by atoms with E-state index in [0.29, 0.717) is 28.6 Å². The molecule has 0 atom stereocenters. The smallest absolute Gasteiger partial charge is 0.264 e. The highest BCUT2D eigenvalue weighted by atomic mass is 35.5. The highest BCUT2D eigenvalue weighted by molar-refractivity contribution is 7.92. The van der Waals surface area contributed by atoms with E-state index in [0.717, 1.165) is 16.4 Å². The van der Waals surface area contributed by atoms with Crippen molar-refractivity contribution in [3.63, 3.8) is 0 Å². The lowest BCUT2D eigenvalue weighted by atomic mass is 10.2. The highest BCUT2D eigenvalue weighted by Gasteiger charge is 2.27. The van der Waals surface area contributed by atoms with Crippen molar-refractivity contribution in [1.29, 1.82) is 0 Å². The van der Waals surface area contributed by atoms with Crippen molar-refractivity contribution in [2.24, 2.45) is 0 Å². The number of hydrogen-bond acceptors (Lipinski definition) is 4. The molecule has 0 radical (unpaired) electrons. The van der Waals surface area contributed by atoms with Gasteiger partial charge < -0.3 is 10.1 Å².